The van der Waals surface area contributed by atoms with Gasteiger partial charge in [-0.05, 0) is 0 Å². The molecule has 0 aromatic heterocycles. The molecule has 78 valence electrons. The van der Waals surface area contributed by atoms with Crippen LogP contribution >= 0.6 is 0 Å². The summed E-state index contributed by atoms with van der Waals surface area (Å²) in [5.41, 5.74) is -1.67. The summed E-state index contributed by atoms with van der Waals surface area (Å²) in [4.78, 5) is 0. The number of primary sulfonamides is 1. The first-order valence-corrected chi connectivity index (χ1v) is 5.13. The lowest BCUT2D eigenvalue weighted by atomic mass is 10.2. The Hall–Kier alpha value is -0.250. The van der Waals surface area contributed by atoms with Crippen molar-refractivity contribution >= 4 is 10.0 Å². The van der Waals surface area contributed by atoms with Crippen LogP contribution in [0.1, 0.15) is 0 Å². The fourth-order valence-corrected chi connectivity index (χ4v) is 1.98. The molecule has 1 rings (SSSR count). The van der Waals surface area contributed by atoms with Gasteiger partial charge in [-0.2, -0.15) is 0 Å². The molecule has 0 aromatic carbocycles. The minimum absolute atomic E-state index is 0.579. The summed E-state index contributed by atoms with van der Waals surface area (Å²) in [5, 5.41) is 31.6. The summed E-state index contributed by atoms with van der Waals surface area (Å²) in [6.07, 6.45) is -4.17. The molecule has 0 aliphatic carbocycles. The highest BCUT2D eigenvalue weighted by Gasteiger charge is 2.47. The second-order valence-corrected chi connectivity index (χ2v) is 4.44. The molecule has 1 aliphatic heterocycles. The van der Waals surface area contributed by atoms with E-state index >= 15 is 0 Å². The highest BCUT2D eigenvalue weighted by molar-refractivity contribution is 7.89. The third kappa shape index (κ3) is 1.98. The van der Waals surface area contributed by atoms with E-state index in [9.17, 15) is 8.42 Å². The second-order valence-electron chi connectivity index (χ2n) is 2.80. The van der Waals surface area contributed by atoms with Crippen molar-refractivity contribution in [3.05, 3.63) is 0 Å². The van der Waals surface area contributed by atoms with E-state index in [-0.39, 0.29) is 0 Å². The Morgan fingerprint density at radius 3 is 2.08 bits per heavy atom. The minimum Gasteiger partial charge on any atom is -0.394 e. The molecule has 1 heterocycles. The van der Waals surface area contributed by atoms with Crippen LogP contribution in [0.5, 0.6) is 0 Å². The number of aliphatic hydroxyl groups is 3. The number of aliphatic hydroxyl groups excluding tert-OH is 3. The van der Waals surface area contributed by atoms with Gasteiger partial charge in [0.05, 0.1) is 6.61 Å². The summed E-state index contributed by atoms with van der Waals surface area (Å²) in [6.45, 7) is -0.579. The molecule has 0 spiro atoms. The van der Waals surface area contributed by atoms with Crippen molar-refractivity contribution in [3.8, 4) is 0 Å². The van der Waals surface area contributed by atoms with Gasteiger partial charge in [-0.25, -0.2) is 13.6 Å². The monoisotopic (exact) mass is 213 g/mol. The molecule has 1 fully saturated rings. The van der Waals surface area contributed by atoms with Crippen molar-refractivity contribution in [3.63, 3.8) is 0 Å². The molecular formula is C5H11NO6S. The van der Waals surface area contributed by atoms with Gasteiger partial charge in [0.25, 0.3) is 0 Å². The quantitative estimate of drug-likeness (QED) is 0.380. The predicted molar refractivity (Wildman–Crippen MR) is 40.9 cm³/mol. The number of nitrogens with two attached hydrogens (primary N) is 1. The number of ether oxygens (including phenoxy) is 1. The molecule has 0 saturated carbocycles. The lowest BCUT2D eigenvalue weighted by molar-refractivity contribution is -0.00879. The van der Waals surface area contributed by atoms with E-state index in [4.69, 9.17) is 20.5 Å². The molecule has 0 aromatic rings. The molecule has 5 N–H and O–H groups in total. The molecule has 0 radical (unpaired) electrons. The topological polar surface area (TPSA) is 130 Å². The number of hydrogen-bond donors (Lipinski definition) is 4. The third-order valence-corrected chi connectivity index (χ3v) is 2.86. The van der Waals surface area contributed by atoms with Gasteiger partial charge in [0.15, 0.2) is 0 Å². The van der Waals surface area contributed by atoms with Gasteiger partial charge in [0, 0.05) is 0 Å². The average molecular weight is 213 g/mol. The Morgan fingerprint density at radius 1 is 1.31 bits per heavy atom. The van der Waals surface area contributed by atoms with Crippen molar-refractivity contribution in [2.24, 2.45) is 5.14 Å². The van der Waals surface area contributed by atoms with Crippen molar-refractivity contribution in [1.29, 1.82) is 0 Å². The zero-order valence-electron chi connectivity index (χ0n) is 6.57. The van der Waals surface area contributed by atoms with Gasteiger partial charge in [-0.1, -0.05) is 0 Å². The molecule has 8 heteroatoms. The largest absolute Gasteiger partial charge is 0.394 e. The predicted octanol–water partition coefficient (Wildman–Crippen LogP) is -3.29. The molecule has 0 bridgehead atoms. The van der Waals surface area contributed by atoms with E-state index in [0.717, 1.165) is 0 Å². The summed E-state index contributed by atoms with van der Waals surface area (Å²) >= 11 is 0. The van der Waals surface area contributed by atoms with E-state index in [2.05, 4.69) is 4.74 Å². The van der Waals surface area contributed by atoms with Crippen LogP contribution in [0.25, 0.3) is 0 Å². The Labute approximate surface area is 74.8 Å². The van der Waals surface area contributed by atoms with Crippen LogP contribution in [-0.2, 0) is 14.8 Å². The number of hydrogen-bond acceptors (Lipinski definition) is 6. The molecular weight excluding hydrogens is 202 g/mol. The maximum atomic E-state index is 10.8. The van der Waals surface area contributed by atoms with Gasteiger partial charge in [-0.3, -0.25) is 0 Å². The lowest BCUT2D eigenvalue weighted by Gasteiger charge is -2.11. The minimum atomic E-state index is -4.07. The normalized spacial score (nSPS) is 40.9. The van der Waals surface area contributed by atoms with Crippen LogP contribution in [0.4, 0.5) is 0 Å². The fourth-order valence-electron chi connectivity index (χ4n) is 1.14. The Balaban J connectivity index is 2.84. The molecule has 0 amide bonds. The van der Waals surface area contributed by atoms with Crippen molar-refractivity contribution in [2.75, 3.05) is 6.61 Å². The maximum Gasteiger partial charge on any atom is 0.239 e. The van der Waals surface area contributed by atoms with Crippen LogP contribution < -0.4 is 5.14 Å². The SMILES string of the molecule is NS(=O)(=O)C1O[C@H](CO)[C@@H](O)[C@@H]1O. The van der Waals surface area contributed by atoms with E-state index in [1.54, 1.807) is 0 Å². The standard InChI is InChI=1S/C5H11NO6S/c6-13(10,11)5-4(9)3(8)2(1-7)12-5/h2-5,7-9H,1H2,(H2,6,10,11)/t2-,3-,4+,5?/m1/s1. The second kappa shape index (κ2) is 3.48. The van der Waals surface area contributed by atoms with Crippen molar-refractivity contribution in [2.45, 2.75) is 23.7 Å². The van der Waals surface area contributed by atoms with Crippen molar-refractivity contribution < 1.29 is 28.5 Å². The smallest absolute Gasteiger partial charge is 0.239 e. The molecule has 1 aliphatic rings. The van der Waals surface area contributed by atoms with Crippen LogP contribution in [-0.4, -0.2) is 54.1 Å². The van der Waals surface area contributed by atoms with E-state index in [0.29, 0.717) is 0 Å². The Kier molecular flexibility index (Phi) is 2.90. The number of rotatable bonds is 2. The zero-order valence-corrected chi connectivity index (χ0v) is 7.38. The van der Waals surface area contributed by atoms with Crippen LogP contribution in [0.15, 0.2) is 0 Å². The molecule has 4 atom stereocenters. The van der Waals surface area contributed by atoms with Crippen LogP contribution in [0, 0.1) is 0 Å². The highest BCUT2D eigenvalue weighted by Crippen LogP contribution is 2.23. The van der Waals surface area contributed by atoms with Gasteiger partial charge >= 0.3 is 0 Å². The van der Waals surface area contributed by atoms with Gasteiger partial charge in [-0.15, -0.1) is 0 Å². The lowest BCUT2D eigenvalue weighted by Crippen LogP contribution is -2.39. The summed E-state index contributed by atoms with van der Waals surface area (Å²) in [5.74, 6) is 0. The maximum absolute atomic E-state index is 10.8. The van der Waals surface area contributed by atoms with Gasteiger partial charge in [0.1, 0.15) is 18.3 Å². The molecule has 13 heavy (non-hydrogen) atoms. The first-order chi connectivity index (χ1) is 5.88. The summed E-state index contributed by atoms with van der Waals surface area (Å²) in [6, 6.07) is 0. The Bertz CT molecular complexity index is 277. The first-order valence-electron chi connectivity index (χ1n) is 3.52. The summed E-state index contributed by atoms with van der Waals surface area (Å²) < 4.78 is 26.1. The van der Waals surface area contributed by atoms with E-state index < -0.39 is 40.4 Å². The van der Waals surface area contributed by atoms with E-state index in [1.807, 2.05) is 0 Å². The number of sulfonamides is 1. The summed E-state index contributed by atoms with van der Waals surface area (Å²) in [7, 11) is -4.07. The first kappa shape index (κ1) is 10.8. The third-order valence-electron chi connectivity index (χ3n) is 1.82. The van der Waals surface area contributed by atoms with Crippen LogP contribution in [0.2, 0.25) is 0 Å². The molecule has 7 nitrogen and oxygen atoms in total. The van der Waals surface area contributed by atoms with E-state index in [1.165, 1.54) is 0 Å². The van der Waals surface area contributed by atoms with Gasteiger partial charge in [0.2, 0.25) is 15.5 Å². The zero-order chi connectivity index (χ0) is 10.2. The average Bonchev–Trinajstić information content (AvgIpc) is 2.28. The fraction of sp³-hybridized carbons (Fsp3) is 1.00. The molecule has 1 unspecified atom stereocenters. The molecule has 1 saturated heterocycles. The van der Waals surface area contributed by atoms with Crippen molar-refractivity contribution in [1.82, 2.24) is 0 Å². The van der Waals surface area contributed by atoms with Crippen LogP contribution in [0.3, 0.4) is 0 Å². The van der Waals surface area contributed by atoms with Gasteiger partial charge < -0.3 is 20.1 Å². The highest BCUT2D eigenvalue weighted by atomic mass is 32.2. The Morgan fingerprint density at radius 2 is 1.85 bits per heavy atom.